The highest BCUT2D eigenvalue weighted by Gasteiger charge is 2.30. The summed E-state index contributed by atoms with van der Waals surface area (Å²) in [7, 11) is 0. The summed E-state index contributed by atoms with van der Waals surface area (Å²) in [5.41, 5.74) is 3.35. The number of imide groups is 1. The van der Waals surface area contributed by atoms with Gasteiger partial charge < -0.3 is 4.57 Å². The van der Waals surface area contributed by atoms with Crippen LogP contribution in [0.15, 0.2) is 72.9 Å². The zero-order valence-corrected chi connectivity index (χ0v) is 16.0. The molecule has 0 N–H and O–H groups in total. The third-order valence-electron chi connectivity index (χ3n) is 5.24. The highest BCUT2D eigenvalue weighted by molar-refractivity contribution is 8.14. The second-order valence-electron chi connectivity index (χ2n) is 7.01. The average Bonchev–Trinajstić information content (AvgIpc) is 3.27. The molecule has 1 saturated heterocycles. The van der Waals surface area contributed by atoms with Gasteiger partial charge in [-0.05, 0) is 40.1 Å². The molecular weight excluding hydrogens is 368 g/mol. The quantitative estimate of drug-likeness (QED) is 0.494. The van der Waals surface area contributed by atoms with Crippen molar-refractivity contribution in [3.8, 4) is 0 Å². The second-order valence-corrected chi connectivity index (χ2v) is 7.94. The van der Waals surface area contributed by atoms with E-state index < -0.39 is 0 Å². The molecule has 138 valence electrons. The molecule has 0 aliphatic carbocycles. The summed E-state index contributed by atoms with van der Waals surface area (Å²) in [6.45, 7) is 1.11. The van der Waals surface area contributed by atoms with Gasteiger partial charge in [0, 0.05) is 23.6 Å². The van der Waals surface area contributed by atoms with E-state index in [0.29, 0.717) is 6.54 Å². The Morgan fingerprint density at radius 1 is 0.857 bits per heavy atom. The molecule has 1 aromatic heterocycles. The van der Waals surface area contributed by atoms with Crippen molar-refractivity contribution in [2.45, 2.75) is 13.1 Å². The first-order chi connectivity index (χ1) is 13.7. The SMILES string of the molecule is O=C1CSC(=O)N1Cc1cccc2c1ccn2Cc1ccc2ccccc2c1. The van der Waals surface area contributed by atoms with Gasteiger partial charge in [0.15, 0.2) is 0 Å². The molecule has 0 radical (unpaired) electrons. The fraction of sp³-hybridized carbons (Fsp3) is 0.130. The Morgan fingerprint density at radius 2 is 1.71 bits per heavy atom. The van der Waals surface area contributed by atoms with Crippen molar-refractivity contribution >= 4 is 44.6 Å². The van der Waals surface area contributed by atoms with Gasteiger partial charge in [-0.15, -0.1) is 0 Å². The van der Waals surface area contributed by atoms with Crippen LogP contribution in [-0.2, 0) is 17.9 Å². The van der Waals surface area contributed by atoms with E-state index in [1.165, 1.54) is 21.2 Å². The Balaban J connectivity index is 1.47. The monoisotopic (exact) mass is 386 g/mol. The van der Waals surface area contributed by atoms with Gasteiger partial charge in [-0.2, -0.15) is 0 Å². The number of carbonyl (C=O) groups is 2. The van der Waals surface area contributed by atoms with Gasteiger partial charge in [-0.25, -0.2) is 0 Å². The minimum atomic E-state index is -0.155. The number of hydrogen-bond acceptors (Lipinski definition) is 3. The van der Waals surface area contributed by atoms with Crippen LogP contribution in [0.5, 0.6) is 0 Å². The van der Waals surface area contributed by atoms with Gasteiger partial charge in [0.05, 0.1) is 12.3 Å². The Hall–Kier alpha value is -3.05. The largest absolute Gasteiger partial charge is 0.343 e. The van der Waals surface area contributed by atoms with Crippen LogP contribution in [0.1, 0.15) is 11.1 Å². The summed E-state index contributed by atoms with van der Waals surface area (Å²) in [6.07, 6.45) is 2.08. The fourth-order valence-electron chi connectivity index (χ4n) is 3.80. The summed E-state index contributed by atoms with van der Waals surface area (Å²) < 4.78 is 2.21. The molecule has 4 nitrogen and oxygen atoms in total. The van der Waals surface area contributed by atoms with Crippen molar-refractivity contribution in [3.63, 3.8) is 0 Å². The lowest BCUT2D eigenvalue weighted by molar-refractivity contribution is -0.124. The third kappa shape index (κ3) is 2.98. The number of nitrogens with zero attached hydrogens (tertiary/aromatic N) is 2. The van der Waals surface area contributed by atoms with Crippen molar-refractivity contribution in [3.05, 3.63) is 84.1 Å². The molecule has 1 aliphatic rings. The zero-order chi connectivity index (χ0) is 19.1. The van der Waals surface area contributed by atoms with Gasteiger partial charge in [-0.3, -0.25) is 14.5 Å². The van der Waals surface area contributed by atoms with Crippen molar-refractivity contribution in [2.24, 2.45) is 0 Å². The molecule has 2 heterocycles. The standard InChI is InChI=1S/C23H18N2O2S/c26-22-15-28-23(27)25(22)14-19-6-3-7-21-20(19)10-11-24(21)13-16-8-9-17-4-1-2-5-18(17)12-16/h1-12H,13-15H2. The maximum absolute atomic E-state index is 12.0. The summed E-state index contributed by atoms with van der Waals surface area (Å²) in [5.74, 6) is 0.139. The molecule has 0 spiro atoms. The number of aromatic nitrogens is 1. The predicted octanol–water partition coefficient (Wildman–Crippen LogP) is 5.04. The molecule has 5 heteroatoms. The third-order valence-corrected chi connectivity index (χ3v) is 6.10. The normalized spacial score (nSPS) is 14.5. The Morgan fingerprint density at radius 3 is 2.54 bits per heavy atom. The molecule has 0 atom stereocenters. The van der Waals surface area contributed by atoms with Crippen LogP contribution in [0.4, 0.5) is 4.79 Å². The molecule has 5 rings (SSSR count). The number of rotatable bonds is 4. The highest BCUT2D eigenvalue weighted by Crippen LogP contribution is 2.27. The van der Waals surface area contributed by atoms with E-state index >= 15 is 0 Å². The van der Waals surface area contributed by atoms with Crippen LogP contribution in [0.2, 0.25) is 0 Å². The Bertz CT molecular complexity index is 1210. The fourth-order valence-corrected chi connectivity index (χ4v) is 4.53. The summed E-state index contributed by atoms with van der Waals surface area (Å²) in [6, 6.07) is 23.1. The van der Waals surface area contributed by atoms with Crippen LogP contribution in [0.25, 0.3) is 21.7 Å². The van der Waals surface area contributed by atoms with Crippen LogP contribution < -0.4 is 0 Å². The van der Waals surface area contributed by atoms with Crippen LogP contribution in [0.3, 0.4) is 0 Å². The first kappa shape index (κ1) is 17.1. The van der Waals surface area contributed by atoms with Crippen molar-refractivity contribution in [1.82, 2.24) is 9.47 Å². The molecule has 1 fully saturated rings. The van der Waals surface area contributed by atoms with Crippen molar-refractivity contribution in [2.75, 3.05) is 5.75 Å². The molecule has 0 unspecified atom stereocenters. The molecule has 3 aromatic carbocycles. The van der Waals surface area contributed by atoms with Gasteiger partial charge in [0.1, 0.15) is 0 Å². The van der Waals surface area contributed by atoms with Crippen LogP contribution in [-0.4, -0.2) is 26.4 Å². The summed E-state index contributed by atoms with van der Waals surface area (Å²) in [4.78, 5) is 25.2. The number of fused-ring (bicyclic) bond motifs is 2. The second kappa shape index (κ2) is 6.84. The van der Waals surface area contributed by atoms with Crippen molar-refractivity contribution < 1.29 is 9.59 Å². The lowest BCUT2D eigenvalue weighted by atomic mass is 10.1. The number of hydrogen-bond donors (Lipinski definition) is 0. The topological polar surface area (TPSA) is 42.3 Å². The first-order valence-electron chi connectivity index (χ1n) is 9.20. The zero-order valence-electron chi connectivity index (χ0n) is 15.2. The van der Waals surface area contributed by atoms with E-state index in [1.54, 1.807) is 0 Å². The van der Waals surface area contributed by atoms with E-state index in [0.717, 1.165) is 34.8 Å². The molecule has 4 aromatic rings. The van der Waals surface area contributed by atoms with Gasteiger partial charge >= 0.3 is 0 Å². The summed E-state index contributed by atoms with van der Waals surface area (Å²) >= 11 is 1.08. The molecular formula is C23H18N2O2S. The molecule has 28 heavy (non-hydrogen) atoms. The number of carbonyl (C=O) groups excluding carboxylic acids is 2. The molecule has 1 aliphatic heterocycles. The Labute approximate surface area is 166 Å². The number of thioether (sulfide) groups is 1. The molecule has 0 saturated carbocycles. The average molecular weight is 386 g/mol. The lowest BCUT2D eigenvalue weighted by Crippen LogP contribution is -2.27. The van der Waals surface area contributed by atoms with E-state index in [2.05, 4.69) is 65.4 Å². The minimum Gasteiger partial charge on any atom is -0.343 e. The Kier molecular flexibility index (Phi) is 4.17. The van der Waals surface area contributed by atoms with Crippen LogP contribution >= 0.6 is 11.8 Å². The maximum atomic E-state index is 12.0. The summed E-state index contributed by atoms with van der Waals surface area (Å²) in [5, 5.41) is 3.41. The van der Waals surface area contributed by atoms with Crippen LogP contribution in [0, 0.1) is 0 Å². The molecule has 0 bridgehead atoms. The number of benzene rings is 3. The van der Waals surface area contributed by atoms with E-state index in [4.69, 9.17) is 0 Å². The molecule has 2 amide bonds. The van der Waals surface area contributed by atoms with E-state index in [1.807, 2.05) is 12.1 Å². The van der Waals surface area contributed by atoms with Gasteiger partial charge in [-0.1, -0.05) is 60.3 Å². The first-order valence-corrected chi connectivity index (χ1v) is 10.2. The van der Waals surface area contributed by atoms with E-state index in [-0.39, 0.29) is 16.9 Å². The maximum Gasteiger partial charge on any atom is 0.289 e. The van der Waals surface area contributed by atoms with Gasteiger partial charge in [0.2, 0.25) is 5.91 Å². The number of amides is 2. The van der Waals surface area contributed by atoms with E-state index in [9.17, 15) is 9.59 Å². The predicted molar refractivity (Wildman–Crippen MR) is 113 cm³/mol. The lowest BCUT2D eigenvalue weighted by Gasteiger charge is -2.14. The van der Waals surface area contributed by atoms with Gasteiger partial charge in [0.25, 0.3) is 5.24 Å². The minimum absolute atomic E-state index is 0.109. The highest BCUT2D eigenvalue weighted by atomic mass is 32.2. The van der Waals surface area contributed by atoms with Crippen molar-refractivity contribution in [1.29, 1.82) is 0 Å². The smallest absolute Gasteiger partial charge is 0.289 e.